The third-order valence-electron chi connectivity index (χ3n) is 4.28. The minimum Gasteiger partial charge on any atom is -0.496 e. The Kier molecular flexibility index (Phi) is 6.00. The van der Waals surface area contributed by atoms with Crippen LogP contribution in [0.5, 0.6) is 11.6 Å². The summed E-state index contributed by atoms with van der Waals surface area (Å²) in [5.41, 5.74) is -2.30. The number of fused-ring (bicyclic) bond motifs is 1. The smallest absolute Gasteiger partial charge is 0.496 e. The maximum atomic E-state index is 12.8. The van der Waals surface area contributed by atoms with Gasteiger partial charge in [0.1, 0.15) is 11.4 Å². The van der Waals surface area contributed by atoms with E-state index in [2.05, 4.69) is 26.2 Å². The molecule has 2 heterocycles. The Balaban J connectivity index is 1.90. The molecule has 0 amide bonds. The van der Waals surface area contributed by atoms with Gasteiger partial charge < -0.3 is 18.9 Å². The van der Waals surface area contributed by atoms with E-state index in [0.29, 0.717) is 30.5 Å². The lowest BCUT2D eigenvalue weighted by Gasteiger charge is -2.28. The molecule has 0 spiro atoms. The summed E-state index contributed by atoms with van der Waals surface area (Å²) in [5, 5.41) is 4.51. The zero-order valence-electron chi connectivity index (χ0n) is 16.7. The maximum Gasteiger partial charge on any atom is 0.516 e. The van der Waals surface area contributed by atoms with Crippen LogP contribution in [0, 0.1) is 0 Å². The summed E-state index contributed by atoms with van der Waals surface area (Å²) in [6, 6.07) is 5.45. The molecule has 0 radical (unpaired) electrons. The third kappa shape index (κ3) is 4.79. The van der Waals surface area contributed by atoms with Crippen molar-refractivity contribution in [2.75, 3.05) is 13.7 Å². The number of carbonyl (C=O) groups excluding carboxylic acids is 2. The summed E-state index contributed by atoms with van der Waals surface area (Å²) in [6.07, 6.45) is 1.50. The van der Waals surface area contributed by atoms with Gasteiger partial charge in [0.25, 0.3) is 5.72 Å². The Morgan fingerprint density at radius 2 is 2.03 bits per heavy atom. The fourth-order valence-electron chi connectivity index (χ4n) is 3.00. The normalized spacial score (nSPS) is 19.1. The summed E-state index contributed by atoms with van der Waals surface area (Å²) in [6.45, 7) is 5.59. The van der Waals surface area contributed by atoms with Gasteiger partial charge in [0.2, 0.25) is 5.88 Å². The first-order valence-corrected chi connectivity index (χ1v) is 9.94. The summed E-state index contributed by atoms with van der Waals surface area (Å²) in [7, 11) is 1.58. The standard InChI is InChI=1S/C20H23BrN2O6/c1-19(2,3)29-18(25)27-17(24)20(7-5-8-23-20)28-16-13-11-14(21)15(26-4)10-12(13)6-9-22-16/h6,9-11,23H,5,7-8H2,1-4H3/t20-/m1/s1. The largest absolute Gasteiger partial charge is 0.516 e. The molecule has 156 valence electrons. The van der Waals surface area contributed by atoms with Crippen molar-refractivity contribution in [1.82, 2.24) is 10.3 Å². The highest BCUT2D eigenvalue weighted by atomic mass is 79.9. The highest BCUT2D eigenvalue weighted by Crippen LogP contribution is 2.36. The van der Waals surface area contributed by atoms with Gasteiger partial charge >= 0.3 is 12.1 Å². The molecule has 9 heteroatoms. The van der Waals surface area contributed by atoms with Gasteiger partial charge in [0, 0.05) is 18.0 Å². The molecule has 1 aromatic carbocycles. The van der Waals surface area contributed by atoms with Crippen molar-refractivity contribution in [2.24, 2.45) is 0 Å². The number of nitrogens with one attached hydrogen (secondary N) is 1. The molecule has 1 saturated heterocycles. The van der Waals surface area contributed by atoms with Crippen molar-refractivity contribution in [2.45, 2.75) is 44.9 Å². The van der Waals surface area contributed by atoms with Crippen LogP contribution in [0.15, 0.2) is 28.9 Å². The van der Waals surface area contributed by atoms with Crippen LogP contribution in [0.25, 0.3) is 10.8 Å². The Labute approximate surface area is 177 Å². The van der Waals surface area contributed by atoms with Crippen molar-refractivity contribution >= 4 is 38.8 Å². The quantitative estimate of drug-likeness (QED) is 0.534. The average molecular weight is 467 g/mol. The fraction of sp³-hybridized carbons (Fsp3) is 0.450. The van der Waals surface area contributed by atoms with Gasteiger partial charge in [-0.25, -0.2) is 14.6 Å². The molecular weight excluding hydrogens is 444 g/mol. The minimum absolute atomic E-state index is 0.237. The molecule has 3 rings (SSSR count). The molecule has 2 aromatic rings. The number of hydrogen-bond donors (Lipinski definition) is 1. The lowest BCUT2D eigenvalue weighted by molar-refractivity contribution is -0.161. The molecule has 0 saturated carbocycles. The molecule has 0 aliphatic carbocycles. The van der Waals surface area contributed by atoms with Crippen LogP contribution < -0.4 is 14.8 Å². The van der Waals surface area contributed by atoms with E-state index in [1.807, 2.05) is 12.1 Å². The van der Waals surface area contributed by atoms with Crippen molar-refractivity contribution < 1.29 is 28.5 Å². The highest BCUT2D eigenvalue weighted by Gasteiger charge is 2.47. The maximum absolute atomic E-state index is 12.8. The van der Waals surface area contributed by atoms with E-state index < -0.39 is 23.5 Å². The van der Waals surface area contributed by atoms with Crippen molar-refractivity contribution in [1.29, 1.82) is 0 Å². The van der Waals surface area contributed by atoms with E-state index in [-0.39, 0.29) is 5.88 Å². The number of esters is 1. The van der Waals surface area contributed by atoms with Crippen LogP contribution in [0.4, 0.5) is 4.79 Å². The van der Waals surface area contributed by atoms with Crippen LogP contribution in [0.3, 0.4) is 0 Å². The van der Waals surface area contributed by atoms with E-state index in [4.69, 9.17) is 18.9 Å². The van der Waals surface area contributed by atoms with E-state index in [1.54, 1.807) is 40.1 Å². The first kappa shape index (κ1) is 21.3. The molecule has 1 atom stereocenters. The third-order valence-corrected chi connectivity index (χ3v) is 4.90. The van der Waals surface area contributed by atoms with Gasteiger partial charge in [-0.05, 0) is 73.3 Å². The molecule has 1 aliphatic heterocycles. The van der Waals surface area contributed by atoms with Crippen LogP contribution >= 0.6 is 15.9 Å². The van der Waals surface area contributed by atoms with Crippen molar-refractivity contribution in [3.8, 4) is 11.6 Å². The van der Waals surface area contributed by atoms with Gasteiger partial charge in [-0.3, -0.25) is 5.32 Å². The predicted molar refractivity (Wildman–Crippen MR) is 109 cm³/mol. The second-order valence-corrected chi connectivity index (χ2v) is 8.49. The minimum atomic E-state index is -1.52. The first-order chi connectivity index (χ1) is 13.6. The van der Waals surface area contributed by atoms with Crippen molar-refractivity contribution in [3.05, 3.63) is 28.9 Å². The van der Waals surface area contributed by atoms with Gasteiger partial charge in [-0.2, -0.15) is 0 Å². The topological polar surface area (TPSA) is 96.0 Å². The summed E-state index contributed by atoms with van der Waals surface area (Å²) in [4.78, 5) is 29.1. The Bertz CT molecular complexity index is 934. The molecule has 0 bridgehead atoms. The van der Waals surface area contributed by atoms with Gasteiger partial charge in [-0.15, -0.1) is 0 Å². The monoisotopic (exact) mass is 466 g/mol. The highest BCUT2D eigenvalue weighted by molar-refractivity contribution is 9.10. The lowest BCUT2D eigenvalue weighted by Crippen LogP contribution is -2.54. The molecule has 1 fully saturated rings. The predicted octanol–water partition coefficient (Wildman–Crippen LogP) is 3.94. The number of rotatable bonds is 4. The molecule has 8 nitrogen and oxygen atoms in total. The lowest BCUT2D eigenvalue weighted by atomic mass is 10.1. The van der Waals surface area contributed by atoms with Gasteiger partial charge in [0.15, 0.2) is 0 Å². The molecule has 29 heavy (non-hydrogen) atoms. The SMILES string of the molecule is COc1cc2ccnc(O[C@@]3(C(=O)OC(=O)OC(C)(C)C)CCCN3)c2cc1Br. The molecule has 1 aromatic heterocycles. The van der Waals surface area contributed by atoms with Crippen molar-refractivity contribution in [3.63, 3.8) is 0 Å². The number of methoxy groups -OCH3 is 1. The molecular formula is C20H23BrN2O6. The van der Waals surface area contributed by atoms with E-state index in [0.717, 1.165) is 9.86 Å². The fourth-order valence-corrected chi connectivity index (χ4v) is 3.50. The number of carbonyl (C=O) groups is 2. The Morgan fingerprint density at radius 1 is 1.28 bits per heavy atom. The summed E-state index contributed by atoms with van der Waals surface area (Å²) >= 11 is 3.45. The van der Waals surface area contributed by atoms with Crippen LogP contribution in [-0.4, -0.2) is 42.1 Å². The van der Waals surface area contributed by atoms with Gasteiger partial charge in [-0.1, -0.05) is 0 Å². The second kappa shape index (κ2) is 8.16. The molecule has 1 aliphatic rings. The van der Waals surface area contributed by atoms with E-state index in [9.17, 15) is 9.59 Å². The van der Waals surface area contributed by atoms with Crippen LogP contribution in [0.2, 0.25) is 0 Å². The first-order valence-electron chi connectivity index (χ1n) is 9.15. The second-order valence-electron chi connectivity index (χ2n) is 7.64. The number of aromatic nitrogens is 1. The number of ether oxygens (including phenoxy) is 4. The zero-order chi connectivity index (χ0) is 21.2. The number of benzene rings is 1. The number of halogens is 1. The molecule has 1 N–H and O–H groups in total. The average Bonchev–Trinajstić information content (AvgIpc) is 3.10. The Morgan fingerprint density at radius 3 is 2.66 bits per heavy atom. The number of nitrogens with zero attached hydrogens (tertiary/aromatic N) is 1. The number of hydrogen-bond acceptors (Lipinski definition) is 8. The van der Waals surface area contributed by atoms with Crippen LogP contribution in [-0.2, 0) is 14.3 Å². The van der Waals surface area contributed by atoms with Gasteiger partial charge in [0.05, 0.1) is 11.6 Å². The summed E-state index contributed by atoms with van der Waals surface area (Å²) in [5.74, 6) is 0.0321. The van der Waals surface area contributed by atoms with Crippen LogP contribution in [0.1, 0.15) is 33.6 Å². The van der Waals surface area contributed by atoms with E-state index >= 15 is 0 Å². The zero-order valence-corrected chi connectivity index (χ0v) is 18.3. The number of pyridine rings is 1. The Hall–Kier alpha value is -2.39. The molecule has 0 unspecified atom stereocenters. The van der Waals surface area contributed by atoms with E-state index in [1.165, 1.54) is 0 Å². The summed E-state index contributed by atoms with van der Waals surface area (Å²) < 4.78 is 22.1.